The van der Waals surface area contributed by atoms with Crippen LogP contribution in [0.3, 0.4) is 0 Å². The van der Waals surface area contributed by atoms with Crippen molar-refractivity contribution < 1.29 is 4.39 Å². The lowest BCUT2D eigenvalue weighted by atomic mass is 10.2. The van der Waals surface area contributed by atoms with Crippen LogP contribution in [0.5, 0.6) is 0 Å². The molecule has 0 aromatic heterocycles. The van der Waals surface area contributed by atoms with Crippen LogP contribution >= 0.6 is 0 Å². The van der Waals surface area contributed by atoms with Crippen molar-refractivity contribution in [3.8, 4) is 6.07 Å². The minimum Gasteiger partial charge on any atom is -0.372 e. The molecule has 3 heteroatoms. The molecule has 0 fully saturated rings. The molecule has 0 aliphatic carbocycles. The summed E-state index contributed by atoms with van der Waals surface area (Å²) in [4.78, 5) is 2.09. The number of hydrogen-bond acceptors (Lipinski definition) is 2. The van der Waals surface area contributed by atoms with Gasteiger partial charge in [-0.3, -0.25) is 0 Å². The Morgan fingerprint density at radius 1 is 1.40 bits per heavy atom. The minimum absolute atomic E-state index is 0.103. The molecule has 80 valence electrons. The molecular formula is C12H15FN2. The normalized spacial score (nSPS) is 9.73. The Morgan fingerprint density at radius 2 is 2.13 bits per heavy atom. The fourth-order valence-corrected chi connectivity index (χ4v) is 1.53. The molecular weight excluding hydrogens is 191 g/mol. The van der Waals surface area contributed by atoms with Crippen LogP contribution in [0.25, 0.3) is 0 Å². The van der Waals surface area contributed by atoms with Crippen molar-refractivity contribution in [2.24, 2.45) is 0 Å². The molecule has 1 rings (SSSR count). The predicted octanol–water partition coefficient (Wildman–Crippen LogP) is 2.93. The highest BCUT2D eigenvalue weighted by molar-refractivity contribution is 5.50. The lowest BCUT2D eigenvalue weighted by Gasteiger charge is -2.22. The summed E-state index contributed by atoms with van der Waals surface area (Å²) >= 11 is 0. The first-order valence-electron chi connectivity index (χ1n) is 5.17. The Balaban J connectivity index is 2.95. The van der Waals surface area contributed by atoms with Crippen molar-refractivity contribution in [1.82, 2.24) is 0 Å². The number of nitriles is 1. The van der Waals surface area contributed by atoms with Gasteiger partial charge in [0.05, 0.1) is 5.56 Å². The summed E-state index contributed by atoms with van der Waals surface area (Å²) < 4.78 is 13.3. The van der Waals surface area contributed by atoms with Crippen LogP contribution in [-0.2, 0) is 0 Å². The highest BCUT2D eigenvalue weighted by atomic mass is 19.1. The van der Waals surface area contributed by atoms with E-state index in [1.165, 1.54) is 12.1 Å². The average molecular weight is 206 g/mol. The molecule has 0 atom stereocenters. The summed E-state index contributed by atoms with van der Waals surface area (Å²) in [5.74, 6) is -0.440. The number of nitrogens with zero attached hydrogens (tertiary/aromatic N) is 2. The van der Waals surface area contributed by atoms with Crippen LogP contribution in [0.4, 0.5) is 10.1 Å². The second-order valence-electron chi connectivity index (χ2n) is 3.36. The summed E-state index contributed by atoms with van der Waals surface area (Å²) in [6.45, 7) is 5.87. The first-order valence-corrected chi connectivity index (χ1v) is 5.17. The Hall–Kier alpha value is -1.56. The molecule has 0 spiro atoms. The van der Waals surface area contributed by atoms with Crippen molar-refractivity contribution in [2.45, 2.75) is 20.3 Å². The van der Waals surface area contributed by atoms with E-state index in [1.807, 2.05) is 13.0 Å². The maximum Gasteiger partial charge on any atom is 0.143 e. The highest BCUT2D eigenvalue weighted by Gasteiger charge is 2.07. The van der Waals surface area contributed by atoms with Gasteiger partial charge < -0.3 is 4.90 Å². The molecule has 0 radical (unpaired) electrons. The van der Waals surface area contributed by atoms with Crippen molar-refractivity contribution in [3.63, 3.8) is 0 Å². The maximum atomic E-state index is 13.3. The average Bonchev–Trinajstić information content (AvgIpc) is 2.25. The van der Waals surface area contributed by atoms with Gasteiger partial charge in [-0.15, -0.1) is 0 Å². The first-order chi connectivity index (χ1) is 7.22. The highest BCUT2D eigenvalue weighted by Crippen LogP contribution is 2.18. The summed E-state index contributed by atoms with van der Waals surface area (Å²) in [5, 5.41) is 8.60. The van der Waals surface area contributed by atoms with Crippen molar-refractivity contribution >= 4 is 5.69 Å². The molecule has 0 unspecified atom stereocenters. The Kier molecular flexibility index (Phi) is 4.11. The fourth-order valence-electron chi connectivity index (χ4n) is 1.53. The van der Waals surface area contributed by atoms with E-state index in [1.54, 1.807) is 6.07 Å². The van der Waals surface area contributed by atoms with Gasteiger partial charge in [-0.25, -0.2) is 4.39 Å². The van der Waals surface area contributed by atoms with Crippen molar-refractivity contribution in [3.05, 3.63) is 29.6 Å². The van der Waals surface area contributed by atoms with Gasteiger partial charge >= 0.3 is 0 Å². The SMILES string of the molecule is CCCN(CC)c1ccc(C#N)c(F)c1. The van der Waals surface area contributed by atoms with Gasteiger partial charge in [0.15, 0.2) is 0 Å². The van der Waals surface area contributed by atoms with E-state index in [9.17, 15) is 4.39 Å². The van der Waals surface area contributed by atoms with Crippen LogP contribution in [0, 0.1) is 17.1 Å². The molecule has 0 bridgehead atoms. The second kappa shape index (κ2) is 5.35. The Labute approximate surface area is 89.9 Å². The van der Waals surface area contributed by atoms with E-state index in [4.69, 9.17) is 5.26 Å². The Morgan fingerprint density at radius 3 is 2.60 bits per heavy atom. The van der Waals surface area contributed by atoms with Gasteiger partial charge in [0.25, 0.3) is 0 Å². The van der Waals surface area contributed by atoms with Crippen LogP contribution < -0.4 is 4.90 Å². The van der Waals surface area contributed by atoms with Gasteiger partial charge in [0.2, 0.25) is 0 Å². The zero-order valence-corrected chi connectivity index (χ0v) is 9.13. The van der Waals surface area contributed by atoms with Crippen molar-refractivity contribution in [2.75, 3.05) is 18.0 Å². The minimum atomic E-state index is -0.440. The van der Waals surface area contributed by atoms with E-state index < -0.39 is 5.82 Å². The number of anilines is 1. The van der Waals surface area contributed by atoms with Crippen LogP contribution in [0.1, 0.15) is 25.8 Å². The lowest BCUT2D eigenvalue weighted by molar-refractivity contribution is 0.622. The van der Waals surface area contributed by atoms with E-state index in [-0.39, 0.29) is 5.56 Å². The number of hydrogen-bond donors (Lipinski definition) is 0. The number of rotatable bonds is 4. The fraction of sp³-hybridized carbons (Fsp3) is 0.417. The van der Waals surface area contributed by atoms with Gasteiger partial charge in [-0.2, -0.15) is 5.26 Å². The molecule has 0 aliphatic rings. The molecule has 15 heavy (non-hydrogen) atoms. The van der Waals surface area contributed by atoms with Crippen LogP contribution in [-0.4, -0.2) is 13.1 Å². The van der Waals surface area contributed by atoms with Gasteiger partial charge in [0, 0.05) is 18.8 Å². The third kappa shape index (κ3) is 2.69. The first kappa shape index (κ1) is 11.5. The molecule has 0 heterocycles. The van der Waals surface area contributed by atoms with Gasteiger partial charge in [-0.05, 0) is 31.5 Å². The van der Waals surface area contributed by atoms with Crippen molar-refractivity contribution in [1.29, 1.82) is 5.26 Å². The molecule has 0 aliphatic heterocycles. The largest absolute Gasteiger partial charge is 0.372 e. The summed E-state index contributed by atoms with van der Waals surface area (Å²) in [5.41, 5.74) is 0.946. The topological polar surface area (TPSA) is 27.0 Å². The molecule has 0 N–H and O–H groups in total. The molecule has 1 aromatic rings. The van der Waals surface area contributed by atoms with Gasteiger partial charge in [-0.1, -0.05) is 6.92 Å². The summed E-state index contributed by atoms with van der Waals surface area (Å²) in [7, 11) is 0. The van der Waals surface area contributed by atoms with Crippen LogP contribution in [0.2, 0.25) is 0 Å². The molecule has 0 saturated heterocycles. The van der Waals surface area contributed by atoms with E-state index in [0.717, 1.165) is 25.2 Å². The predicted molar refractivity (Wildman–Crippen MR) is 59.3 cm³/mol. The van der Waals surface area contributed by atoms with E-state index in [0.29, 0.717) is 0 Å². The third-order valence-corrected chi connectivity index (χ3v) is 2.31. The summed E-state index contributed by atoms with van der Waals surface area (Å²) in [6.07, 6.45) is 1.02. The zero-order chi connectivity index (χ0) is 11.3. The second-order valence-corrected chi connectivity index (χ2v) is 3.36. The quantitative estimate of drug-likeness (QED) is 0.757. The standard InChI is InChI=1S/C12H15FN2/c1-3-7-15(4-2)11-6-5-10(9-14)12(13)8-11/h5-6,8H,3-4,7H2,1-2H3. The zero-order valence-electron chi connectivity index (χ0n) is 9.13. The van der Waals surface area contributed by atoms with Gasteiger partial charge in [0.1, 0.15) is 11.9 Å². The number of halogens is 1. The molecule has 1 aromatic carbocycles. The molecule has 0 saturated carbocycles. The van der Waals surface area contributed by atoms with E-state index >= 15 is 0 Å². The van der Waals surface area contributed by atoms with Crippen LogP contribution in [0.15, 0.2) is 18.2 Å². The third-order valence-electron chi connectivity index (χ3n) is 2.31. The maximum absolute atomic E-state index is 13.3. The molecule has 2 nitrogen and oxygen atoms in total. The van der Waals surface area contributed by atoms with E-state index in [2.05, 4.69) is 11.8 Å². The monoisotopic (exact) mass is 206 g/mol. The summed E-state index contributed by atoms with van der Waals surface area (Å²) in [6, 6.07) is 6.57. The lowest BCUT2D eigenvalue weighted by Crippen LogP contribution is -2.23. The number of benzene rings is 1. The smallest absolute Gasteiger partial charge is 0.143 e. The molecule has 0 amide bonds. The Bertz CT molecular complexity index is 368.